The molecule has 2 aromatic rings. The van der Waals surface area contributed by atoms with Crippen molar-refractivity contribution in [2.75, 3.05) is 18.4 Å². The zero-order valence-corrected chi connectivity index (χ0v) is 15.1. The molecule has 1 N–H and O–H groups in total. The molecule has 1 aliphatic heterocycles. The van der Waals surface area contributed by atoms with Crippen LogP contribution in [0.25, 0.3) is 0 Å². The molecule has 26 heavy (non-hydrogen) atoms. The highest BCUT2D eigenvalue weighted by Crippen LogP contribution is 2.22. The van der Waals surface area contributed by atoms with Gasteiger partial charge in [0, 0.05) is 25.2 Å². The summed E-state index contributed by atoms with van der Waals surface area (Å²) >= 11 is 0. The van der Waals surface area contributed by atoms with E-state index in [1.54, 1.807) is 17.0 Å². The number of carbonyl (C=O) groups is 2. The van der Waals surface area contributed by atoms with E-state index < -0.39 is 0 Å². The molecule has 2 aromatic carbocycles. The molecule has 0 aromatic heterocycles. The summed E-state index contributed by atoms with van der Waals surface area (Å²) in [5, 5.41) is 2.95. The minimum atomic E-state index is -0.337. The maximum atomic E-state index is 13.0. The van der Waals surface area contributed by atoms with Gasteiger partial charge in [-0.15, -0.1) is 0 Å². The van der Waals surface area contributed by atoms with E-state index in [-0.39, 0.29) is 30.0 Å². The molecule has 2 amide bonds. The van der Waals surface area contributed by atoms with Crippen LogP contribution >= 0.6 is 0 Å². The first-order valence-electron chi connectivity index (χ1n) is 8.82. The van der Waals surface area contributed by atoms with E-state index in [2.05, 4.69) is 5.32 Å². The molecule has 4 nitrogen and oxygen atoms in total. The molecular weight excluding hydrogens is 331 g/mol. The van der Waals surface area contributed by atoms with Gasteiger partial charge in [-0.25, -0.2) is 4.39 Å². The quantitative estimate of drug-likeness (QED) is 0.894. The number of halogens is 1. The summed E-state index contributed by atoms with van der Waals surface area (Å²) < 4.78 is 13.0. The van der Waals surface area contributed by atoms with Crippen molar-refractivity contribution in [2.24, 2.45) is 5.92 Å². The monoisotopic (exact) mass is 354 g/mol. The number of carbonyl (C=O) groups excluding carboxylic acids is 2. The number of benzene rings is 2. The van der Waals surface area contributed by atoms with Crippen molar-refractivity contribution < 1.29 is 14.0 Å². The Labute approximate surface area is 153 Å². The molecule has 0 bridgehead atoms. The van der Waals surface area contributed by atoms with Crippen LogP contribution in [0.4, 0.5) is 10.1 Å². The zero-order valence-electron chi connectivity index (χ0n) is 15.1. The second-order valence-electron chi connectivity index (χ2n) is 6.92. The first kappa shape index (κ1) is 18.1. The number of anilines is 1. The van der Waals surface area contributed by atoms with Gasteiger partial charge in [-0.1, -0.05) is 24.3 Å². The summed E-state index contributed by atoms with van der Waals surface area (Å²) in [6, 6.07) is 12.2. The van der Waals surface area contributed by atoms with Crippen LogP contribution in [-0.4, -0.2) is 29.8 Å². The van der Waals surface area contributed by atoms with Crippen LogP contribution in [0.2, 0.25) is 0 Å². The third-order valence-electron chi connectivity index (χ3n) is 4.82. The number of nitrogens with zero attached hydrogens (tertiary/aromatic N) is 1. The first-order valence-corrected chi connectivity index (χ1v) is 8.82. The van der Waals surface area contributed by atoms with Crippen molar-refractivity contribution in [2.45, 2.75) is 26.7 Å². The average Bonchev–Trinajstić information content (AvgIpc) is 2.99. The number of rotatable bonds is 5. The molecule has 0 aliphatic carbocycles. The fourth-order valence-electron chi connectivity index (χ4n) is 3.18. The maximum Gasteiger partial charge on any atom is 0.229 e. The Hall–Kier alpha value is -2.69. The molecule has 3 rings (SSSR count). The zero-order chi connectivity index (χ0) is 18.7. The van der Waals surface area contributed by atoms with Gasteiger partial charge in [-0.05, 0) is 55.2 Å². The van der Waals surface area contributed by atoms with Crippen LogP contribution < -0.4 is 5.32 Å². The van der Waals surface area contributed by atoms with Gasteiger partial charge in [-0.2, -0.15) is 0 Å². The van der Waals surface area contributed by atoms with Crippen LogP contribution in [0.3, 0.4) is 0 Å². The number of aryl methyl sites for hydroxylation is 2. The largest absolute Gasteiger partial charge is 0.342 e. The summed E-state index contributed by atoms with van der Waals surface area (Å²) in [5.41, 5.74) is 3.85. The Balaban J connectivity index is 1.57. The smallest absolute Gasteiger partial charge is 0.229 e. The Kier molecular flexibility index (Phi) is 5.35. The van der Waals surface area contributed by atoms with Gasteiger partial charge in [0.2, 0.25) is 11.8 Å². The number of nitrogens with one attached hydrogen (secondary N) is 1. The van der Waals surface area contributed by atoms with Crippen molar-refractivity contribution >= 4 is 17.5 Å². The molecule has 0 spiro atoms. The van der Waals surface area contributed by atoms with Crippen LogP contribution in [-0.2, 0) is 16.0 Å². The Morgan fingerprint density at radius 3 is 2.65 bits per heavy atom. The lowest BCUT2D eigenvalue weighted by Crippen LogP contribution is -2.30. The van der Waals surface area contributed by atoms with E-state index in [0.29, 0.717) is 19.5 Å². The molecule has 1 atom stereocenters. The van der Waals surface area contributed by atoms with Crippen molar-refractivity contribution in [3.8, 4) is 0 Å². The van der Waals surface area contributed by atoms with Crippen molar-refractivity contribution in [1.29, 1.82) is 0 Å². The van der Waals surface area contributed by atoms with Gasteiger partial charge >= 0.3 is 0 Å². The van der Waals surface area contributed by atoms with E-state index in [9.17, 15) is 14.0 Å². The molecule has 1 fully saturated rings. The van der Waals surface area contributed by atoms with E-state index in [4.69, 9.17) is 0 Å². The van der Waals surface area contributed by atoms with E-state index in [0.717, 1.165) is 22.4 Å². The van der Waals surface area contributed by atoms with Crippen LogP contribution in [0, 0.1) is 25.6 Å². The number of hydrogen-bond donors (Lipinski definition) is 1. The highest BCUT2D eigenvalue weighted by molar-refractivity contribution is 5.97. The summed E-state index contributed by atoms with van der Waals surface area (Å²) in [5.74, 6) is -0.727. The number of hydrogen-bond acceptors (Lipinski definition) is 2. The van der Waals surface area contributed by atoms with Gasteiger partial charge in [0.05, 0.1) is 5.92 Å². The molecule has 0 saturated carbocycles. The predicted octanol–water partition coefficient (Wildman–Crippen LogP) is 3.47. The normalized spacial score (nSPS) is 16.8. The van der Waals surface area contributed by atoms with E-state index in [1.807, 2.05) is 32.0 Å². The molecule has 1 aliphatic rings. The number of likely N-dealkylation sites (tertiary alicyclic amines) is 1. The second-order valence-corrected chi connectivity index (χ2v) is 6.92. The van der Waals surface area contributed by atoms with Gasteiger partial charge in [0.15, 0.2) is 0 Å². The minimum absolute atomic E-state index is 0.00627. The van der Waals surface area contributed by atoms with E-state index >= 15 is 0 Å². The third-order valence-corrected chi connectivity index (χ3v) is 4.82. The summed E-state index contributed by atoms with van der Waals surface area (Å²) in [7, 11) is 0. The fraction of sp³-hybridized carbons (Fsp3) is 0.333. The van der Waals surface area contributed by atoms with E-state index in [1.165, 1.54) is 12.1 Å². The van der Waals surface area contributed by atoms with Crippen molar-refractivity contribution in [3.05, 3.63) is 65.0 Å². The first-order chi connectivity index (χ1) is 12.4. The summed E-state index contributed by atoms with van der Waals surface area (Å²) in [6.07, 6.45) is 0.886. The van der Waals surface area contributed by atoms with Crippen molar-refractivity contribution in [1.82, 2.24) is 4.90 Å². The number of amides is 2. The highest BCUT2D eigenvalue weighted by atomic mass is 19.1. The molecule has 0 unspecified atom stereocenters. The molecular formula is C21H23FN2O2. The Morgan fingerprint density at radius 1 is 1.19 bits per heavy atom. The van der Waals surface area contributed by atoms with Crippen LogP contribution in [0.15, 0.2) is 42.5 Å². The van der Waals surface area contributed by atoms with Crippen molar-refractivity contribution in [3.63, 3.8) is 0 Å². The van der Waals surface area contributed by atoms with Gasteiger partial charge in [-0.3, -0.25) is 9.59 Å². The Bertz CT molecular complexity index is 817. The average molecular weight is 354 g/mol. The third kappa shape index (κ3) is 4.28. The topological polar surface area (TPSA) is 49.4 Å². The predicted molar refractivity (Wildman–Crippen MR) is 99.3 cm³/mol. The van der Waals surface area contributed by atoms with Crippen LogP contribution in [0.1, 0.15) is 23.1 Å². The van der Waals surface area contributed by atoms with Gasteiger partial charge < -0.3 is 10.2 Å². The fourth-order valence-corrected chi connectivity index (χ4v) is 3.18. The van der Waals surface area contributed by atoms with Crippen LogP contribution in [0.5, 0.6) is 0 Å². The summed E-state index contributed by atoms with van der Waals surface area (Å²) in [6.45, 7) is 4.89. The summed E-state index contributed by atoms with van der Waals surface area (Å²) in [4.78, 5) is 26.5. The van der Waals surface area contributed by atoms with Gasteiger partial charge in [0.1, 0.15) is 5.82 Å². The molecule has 136 valence electrons. The lowest BCUT2D eigenvalue weighted by atomic mass is 10.1. The maximum absolute atomic E-state index is 13.0. The molecule has 1 heterocycles. The van der Waals surface area contributed by atoms with Gasteiger partial charge in [0.25, 0.3) is 0 Å². The standard InChI is InChI=1S/C21H23FN2O2/c1-14-3-4-15(2)19(11-14)23-21(26)17-12-20(25)24(13-17)10-9-16-5-7-18(22)8-6-16/h3-8,11,17H,9-10,12-13H2,1-2H3,(H,23,26)/t17-/m0/s1. The molecule has 5 heteroatoms. The second kappa shape index (κ2) is 7.68. The lowest BCUT2D eigenvalue weighted by molar-refractivity contribution is -0.128. The minimum Gasteiger partial charge on any atom is -0.342 e. The molecule has 1 saturated heterocycles. The molecule has 0 radical (unpaired) electrons. The highest BCUT2D eigenvalue weighted by Gasteiger charge is 2.34. The SMILES string of the molecule is Cc1ccc(C)c(NC(=O)[C@H]2CC(=O)N(CCc3ccc(F)cc3)C2)c1. The lowest BCUT2D eigenvalue weighted by Gasteiger charge is -2.17. The Morgan fingerprint density at radius 2 is 1.92 bits per heavy atom.